The van der Waals surface area contributed by atoms with Crippen LogP contribution < -0.4 is 0 Å². The first-order chi connectivity index (χ1) is 10.5. The highest BCUT2D eigenvalue weighted by atomic mass is 35.5. The van der Waals surface area contributed by atoms with Crippen molar-refractivity contribution in [3.63, 3.8) is 0 Å². The van der Waals surface area contributed by atoms with Crippen molar-refractivity contribution in [2.24, 2.45) is 0 Å². The Morgan fingerprint density at radius 2 is 1.91 bits per heavy atom. The minimum absolute atomic E-state index is 0.0668. The Morgan fingerprint density at radius 1 is 1.27 bits per heavy atom. The van der Waals surface area contributed by atoms with E-state index in [1.54, 1.807) is 24.3 Å². The molecular formula is C17H20ClN3O. The quantitative estimate of drug-likeness (QED) is 0.920. The highest BCUT2D eigenvalue weighted by Gasteiger charge is 2.35. The summed E-state index contributed by atoms with van der Waals surface area (Å²) in [4.78, 5) is 14.5. The summed E-state index contributed by atoms with van der Waals surface area (Å²) in [5.41, 5.74) is 3.16. The van der Waals surface area contributed by atoms with Crippen LogP contribution in [0.15, 0.2) is 30.5 Å². The van der Waals surface area contributed by atoms with Crippen LogP contribution in [-0.4, -0.2) is 34.1 Å². The third-order valence-electron chi connectivity index (χ3n) is 4.68. The average molecular weight is 318 g/mol. The molecule has 116 valence electrons. The third kappa shape index (κ3) is 2.75. The van der Waals surface area contributed by atoms with Gasteiger partial charge in [-0.25, -0.2) is 0 Å². The molecule has 1 aromatic carbocycles. The van der Waals surface area contributed by atoms with E-state index in [9.17, 15) is 4.79 Å². The fraction of sp³-hybridized carbons (Fsp3) is 0.412. The summed E-state index contributed by atoms with van der Waals surface area (Å²) in [6.07, 6.45) is 3.75. The predicted octanol–water partition coefficient (Wildman–Crippen LogP) is 3.57. The fourth-order valence-corrected chi connectivity index (χ4v) is 3.31. The number of carbonyl (C=O) groups is 1. The molecule has 0 atom stereocenters. The zero-order valence-electron chi connectivity index (χ0n) is 12.9. The summed E-state index contributed by atoms with van der Waals surface area (Å²) in [5, 5.41) is 7.91. The minimum Gasteiger partial charge on any atom is -0.339 e. The fourth-order valence-electron chi connectivity index (χ4n) is 3.19. The Labute approximate surface area is 135 Å². The topological polar surface area (TPSA) is 49.0 Å². The van der Waals surface area contributed by atoms with Gasteiger partial charge in [0.15, 0.2) is 0 Å². The van der Waals surface area contributed by atoms with Crippen LogP contribution >= 0.6 is 11.6 Å². The maximum atomic E-state index is 12.5. The maximum Gasteiger partial charge on any atom is 0.253 e. The first-order valence-electron chi connectivity index (χ1n) is 7.55. The van der Waals surface area contributed by atoms with Crippen molar-refractivity contribution in [2.45, 2.75) is 32.1 Å². The van der Waals surface area contributed by atoms with Gasteiger partial charge in [-0.15, -0.1) is 0 Å². The summed E-state index contributed by atoms with van der Waals surface area (Å²) in [6.45, 7) is 5.85. The van der Waals surface area contributed by atoms with E-state index >= 15 is 0 Å². The van der Waals surface area contributed by atoms with E-state index in [1.807, 2.05) is 11.1 Å². The second-order valence-corrected chi connectivity index (χ2v) is 6.72. The average Bonchev–Trinajstić information content (AvgIpc) is 2.95. The number of nitrogens with zero attached hydrogens (tertiary/aromatic N) is 2. The van der Waals surface area contributed by atoms with E-state index in [1.165, 1.54) is 11.3 Å². The van der Waals surface area contributed by atoms with Crippen molar-refractivity contribution in [2.75, 3.05) is 13.1 Å². The van der Waals surface area contributed by atoms with Crippen LogP contribution in [0.4, 0.5) is 0 Å². The Morgan fingerprint density at radius 3 is 2.45 bits per heavy atom. The number of hydrogen-bond acceptors (Lipinski definition) is 2. The van der Waals surface area contributed by atoms with Crippen molar-refractivity contribution in [1.82, 2.24) is 15.1 Å². The lowest BCUT2D eigenvalue weighted by molar-refractivity contribution is 0.0673. The molecule has 4 nitrogen and oxygen atoms in total. The van der Waals surface area contributed by atoms with Crippen LogP contribution in [-0.2, 0) is 5.41 Å². The summed E-state index contributed by atoms with van der Waals surface area (Å²) < 4.78 is 0. The van der Waals surface area contributed by atoms with Crippen LogP contribution in [0.25, 0.3) is 0 Å². The lowest BCUT2D eigenvalue weighted by Gasteiger charge is -2.39. The van der Waals surface area contributed by atoms with E-state index in [2.05, 4.69) is 24.0 Å². The molecule has 0 aliphatic carbocycles. The Hall–Kier alpha value is -1.81. The number of carbonyl (C=O) groups excluding carboxylic acids is 1. The highest BCUT2D eigenvalue weighted by Crippen LogP contribution is 2.35. The van der Waals surface area contributed by atoms with Gasteiger partial charge in [0.25, 0.3) is 5.91 Å². The molecule has 1 N–H and O–H groups in total. The number of rotatable bonds is 2. The smallest absolute Gasteiger partial charge is 0.253 e. The zero-order chi connectivity index (χ0) is 15.7. The molecule has 2 aromatic rings. The van der Waals surface area contributed by atoms with Crippen LogP contribution in [0.1, 0.15) is 41.4 Å². The van der Waals surface area contributed by atoms with Crippen LogP contribution in [0.3, 0.4) is 0 Å². The molecule has 1 aromatic heterocycles. The lowest BCUT2D eigenvalue weighted by atomic mass is 9.76. The molecule has 1 saturated heterocycles. The molecule has 1 amide bonds. The monoisotopic (exact) mass is 317 g/mol. The van der Waals surface area contributed by atoms with Crippen molar-refractivity contribution >= 4 is 17.5 Å². The molecule has 22 heavy (non-hydrogen) atoms. The number of benzene rings is 1. The van der Waals surface area contributed by atoms with Crippen molar-refractivity contribution in [1.29, 1.82) is 0 Å². The van der Waals surface area contributed by atoms with E-state index in [4.69, 9.17) is 11.6 Å². The van der Waals surface area contributed by atoms with Gasteiger partial charge in [-0.3, -0.25) is 9.89 Å². The molecule has 5 heteroatoms. The molecular weight excluding hydrogens is 298 g/mol. The number of aryl methyl sites for hydroxylation is 1. The molecule has 3 rings (SSSR count). The maximum absolute atomic E-state index is 12.5. The van der Waals surface area contributed by atoms with Crippen LogP contribution in [0.2, 0.25) is 5.02 Å². The molecule has 0 unspecified atom stereocenters. The molecule has 1 aliphatic heterocycles. The number of aromatic nitrogens is 2. The number of halogens is 1. The predicted molar refractivity (Wildman–Crippen MR) is 87.3 cm³/mol. The number of piperidine rings is 1. The first kappa shape index (κ1) is 15.1. The molecule has 1 fully saturated rings. The third-order valence-corrected chi connectivity index (χ3v) is 4.93. The lowest BCUT2D eigenvalue weighted by Crippen LogP contribution is -2.44. The Bertz CT molecular complexity index is 669. The molecule has 0 spiro atoms. The second-order valence-electron chi connectivity index (χ2n) is 6.29. The zero-order valence-corrected chi connectivity index (χ0v) is 13.7. The molecule has 0 radical (unpaired) electrons. The first-order valence-corrected chi connectivity index (χ1v) is 7.93. The van der Waals surface area contributed by atoms with E-state index in [0.29, 0.717) is 10.6 Å². The van der Waals surface area contributed by atoms with Gasteiger partial charge in [-0.1, -0.05) is 18.5 Å². The Balaban J connectivity index is 1.70. The SMILES string of the molecule is Cc1cn[nH]c1C1(C)CCN(C(=O)c2ccc(Cl)cc2)CC1. The minimum atomic E-state index is 0.0668. The number of aromatic amines is 1. The number of likely N-dealkylation sites (tertiary alicyclic amines) is 1. The molecule has 2 heterocycles. The largest absolute Gasteiger partial charge is 0.339 e. The van der Waals surface area contributed by atoms with Gasteiger partial charge in [0.1, 0.15) is 0 Å². The summed E-state index contributed by atoms with van der Waals surface area (Å²) in [7, 11) is 0. The van der Waals surface area contributed by atoms with Crippen molar-refractivity contribution < 1.29 is 4.79 Å². The number of H-pyrrole nitrogens is 1. The summed E-state index contributed by atoms with van der Waals surface area (Å²) in [6, 6.07) is 7.10. The van der Waals surface area contributed by atoms with Crippen LogP contribution in [0, 0.1) is 6.92 Å². The van der Waals surface area contributed by atoms with E-state index in [0.717, 1.165) is 25.9 Å². The van der Waals surface area contributed by atoms with Crippen LogP contribution in [0.5, 0.6) is 0 Å². The van der Waals surface area contributed by atoms with Gasteiger partial charge < -0.3 is 4.90 Å². The molecule has 0 bridgehead atoms. The second kappa shape index (κ2) is 5.76. The van der Waals surface area contributed by atoms with Gasteiger partial charge in [0, 0.05) is 34.8 Å². The van der Waals surface area contributed by atoms with Gasteiger partial charge in [-0.2, -0.15) is 5.10 Å². The Kier molecular flexibility index (Phi) is 3.96. The standard InChI is InChI=1S/C17H20ClN3O/c1-12-11-19-20-15(12)17(2)7-9-21(10-8-17)16(22)13-3-5-14(18)6-4-13/h3-6,11H,7-10H2,1-2H3,(H,19,20). The molecule has 1 aliphatic rings. The van der Waals surface area contributed by atoms with Gasteiger partial charge in [0.2, 0.25) is 0 Å². The number of amides is 1. The van der Waals surface area contributed by atoms with E-state index in [-0.39, 0.29) is 11.3 Å². The summed E-state index contributed by atoms with van der Waals surface area (Å²) in [5.74, 6) is 0.0834. The summed E-state index contributed by atoms with van der Waals surface area (Å²) >= 11 is 5.88. The number of hydrogen-bond donors (Lipinski definition) is 1. The van der Waals surface area contributed by atoms with Gasteiger partial charge >= 0.3 is 0 Å². The van der Waals surface area contributed by atoms with Crippen molar-refractivity contribution in [3.05, 3.63) is 52.3 Å². The highest BCUT2D eigenvalue weighted by molar-refractivity contribution is 6.30. The van der Waals surface area contributed by atoms with E-state index < -0.39 is 0 Å². The number of nitrogens with one attached hydrogen (secondary N) is 1. The molecule has 0 saturated carbocycles. The van der Waals surface area contributed by atoms with Gasteiger partial charge in [0.05, 0.1) is 6.20 Å². The normalized spacial score (nSPS) is 17.5. The van der Waals surface area contributed by atoms with Crippen molar-refractivity contribution in [3.8, 4) is 0 Å². The van der Waals surface area contributed by atoms with Gasteiger partial charge in [-0.05, 0) is 49.6 Å².